The van der Waals surface area contributed by atoms with E-state index in [0.717, 1.165) is 0 Å². The number of nitroso groups, excluding NO2 is 1. The summed E-state index contributed by atoms with van der Waals surface area (Å²) in [4.78, 5) is 10.5. The van der Waals surface area contributed by atoms with Gasteiger partial charge in [0.2, 0.25) is 5.79 Å². The van der Waals surface area contributed by atoms with E-state index < -0.39 is 54.9 Å². The van der Waals surface area contributed by atoms with E-state index in [1.165, 1.54) is 0 Å². The predicted octanol–water partition coefficient (Wildman–Crippen LogP) is -4.63. The molecule has 1 fully saturated rings. The summed E-state index contributed by atoms with van der Waals surface area (Å²) in [5.74, 6) is -3.36. The Morgan fingerprint density at radius 3 is 1.84 bits per heavy atom. The highest BCUT2D eigenvalue weighted by Gasteiger charge is 2.53. The first-order valence-corrected chi connectivity index (χ1v) is 5.50. The van der Waals surface area contributed by atoms with E-state index in [1.807, 2.05) is 0 Å². The summed E-state index contributed by atoms with van der Waals surface area (Å²) in [7, 11) is 0. The molecule has 10 heteroatoms. The van der Waals surface area contributed by atoms with Crippen molar-refractivity contribution in [2.75, 3.05) is 0 Å². The Hall–Kier alpha value is -0.720. The summed E-state index contributed by atoms with van der Waals surface area (Å²) in [6, 6.07) is -1.77. The van der Waals surface area contributed by atoms with Crippen LogP contribution in [0.15, 0.2) is 5.18 Å². The Morgan fingerprint density at radius 1 is 0.842 bits per heavy atom. The fourth-order valence-corrected chi connectivity index (χ4v) is 1.94. The van der Waals surface area contributed by atoms with E-state index in [0.29, 0.717) is 0 Å². The first-order valence-electron chi connectivity index (χ1n) is 5.50. The van der Waals surface area contributed by atoms with Gasteiger partial charge in [-0.3, -0.25) is 0 Å². The number of hydrogen-bond donors (Lipinski definition) is 8. The Balaban J connectivity index is 3.19. The fraction of sp³-hybridized carbons (Fsp3) is 1.00. The second-order valence-corrected chi connectivity index (χ2v) is 4.62. The molecule has 0 aromatic carbocycles. The van der Waals surface area contributed by atoms with E-state index in [2.05, 4.69) is 5.18 Å². The molecule has 0 aliphatic heterocycles. The Morgan fingerprint density at radius 2 is 1.37 bits per heavy atom. The van der Waals surface area contributed by atoms with E-state index in [4.69, 9.17) is 0 Å². The van der Waals surface area contributed by atoms with E-state index >= 15 is 0 Å². The molecule has 0 aromatic rings. The lowest BCUT2D eigenvalue weighted by molar-refractivity contribution is -0.300. The lowest BCUT2D eigenvalue weighted by atomic mass is 9.93. The van der Waals surface area contributed by atoms with Gasteiger partial charge in [0.25, 0.3) is 0 Å². The van der Waals surface area contributed by atoms with Gasteiger partial charge in [-0.1, -0.05) is 5.18 Å². The molecule has 0 spiro atoms. The summed E-state index contributed by atoms with van der Waals surface area (Å²) in [6.07, 6.45) is -13.7. The largest absolute Gasteiger partial charge is 0.390 e. The van der Waals surface area contributed by atoms with Crippen molar-refractivity contribution < 1.29 is 40.9 Å². The molecule has 112 valence electrons. The zero-order valence-electron chi connectivity index (χ0n) is 9.68. The molecule has 1 aliphatic rings. The zero-order chi connectivity index (χ0) is 15.0. The number of aliphatic hydroxyl groups is 8. The first kappa shape index (κ1) is 16.3. The number of hydrogen-bond acceptors (Lipinski definition) is 10. The molecule has 0 radical (unpaired) electrons. The third-order valence-electron chi connectivity index (χ3n) is 3.27. The van der Waals surface area contributed by atoms with Crippen molar-refractivity contribution in [2.45, 2.75) is 54.9 Å². The van der Waals surface area contributed by atoms with E-state index in [9.17, 15) is 45.8 Å². The maximum Gasteiger partial charge on any atom is 0.221 e. The van der Waals surface area contributed by atoms with E-state index in [-0.39, 0.29) is 0 Å². The zero-order valence-corrected chi connectivity index (χ0v) is 9.68. The molecule has 10 nitrogen and oxygen atoms in total. The van der Waals surface area contributed by atoms with Crippen LogP contribution < -0.4 is 0 Å². The highest BCUT2D eigenvalue weighted by atomic mass is 16.5. The lowest BCUT2D eigenvalue weighted by Crippen LogP contribution is -2.61. The van der Waals surface area contributed by atoms with Gasteiger partial charge in [-0.15, -0.1) is 0 Å². The molecule has 19 heavy (non-hydrogen) atoms. The Kier molecular flexibility index (Phi) is 4.92. The van der Waals surface area contributed by atoms with Crippen LogP contribution in [0.25, 0.3) is 0 Å². The second kappa shape index (κ2) is 5.73. The third-order valence-corrected chi connectivity index (χ3v) is 3.27. The van der Waals surface area contributed by atoms with Crippen LogP contribution in [0.2, 0.25) is 0 Å². The molecule has 0 heterocycles. The van der Waals surface area contributed by atoms with Gasteiger partial charge in [0.05, 0.1) is 6.10 Å². The average Bonchev–Trinajstić information content (AvgIpc) is 2.40. The first-order chi connectivity index (χ1) is 8.64. The predicted molar refractivity (Wildman–Crippen MR) is 57.4 cm³/mol. The molecule has 8 N–H and O–H groups in total. The molecule has 0 bridgehead atoms. The highest BCUT2D eigenvalue weighted by Crippen LogP contribution is 2.27. The van der Waals surface area contributed by atoms with Crippen LogP contribution in [0.4, 0.5) is 0 Å². The molecule has 1 rings (SSSR count). The van der Waals surface area contributed by atoms with Crippen LogP contribution in [0, 0.1) is 4.91 Å². The maximum atomic E-state index is 10.5. The molecular formula is C9H17NO9. The van der Waals surface area contributed by atoms with Gasteiger partial charge in [0, 0.05) is 6.42 Å². The van der Waals surface area contributed by atoms with Gasteiger partial charge in [-0.2, -0.15) is 4.91 Å². The SMILES string of the molecule is O=NC1CC(O)C(O)C(O)C(O)C(O)C(O)(O)C1O. The normalized spacial score (nSPS) is 47.9. The van der Waals surface area contributed by atoms with Gasteiger partial charge < -0.3 is 40.9 Å². The lowest BCUT2D eigenvalue weighted by Gasteiger charge is -2.35. The van der Waals surface area contributed by atoms with Crippen molar-refractivity contribution >= 4 is 0 Å². The van der Waals surface area contributed by atoms with E-state index in [1.54, 1.807) is 0 Å². The second-order valence-electron chi connectivity index (χ2n) is 4.62. The minimum Gasteiger partial charge on any atom is -0.390 e. The highest BCUT2D eigenvalue weighted by molar-refractivity contribution is 5.00. The van der Waals surface area contributed by atoms with Crippen LogP contribution in [-0.2, 0) is 0 Å². The maximum absolute atomic E-state index is 10.5. The minimum atomic E-state index is -3.36. The summed E-state index contributed by atoms with van der Waals surface area (Å²) < 4.78 is 0. The molecule has 7 atom stereocenters. The quantitative estimate of drug-likeness (QED) is 0.173. The van der Waals surface area contributed by atoms with Gasteiger partial charge in [-0.25, -0.2) is 0 Å². The standard InChI is InChI=1S/C9H17NO9/c11-3-1-2(10-19)7(15)9(17,18)8(16)6(14)5(13)4(3)12/h2-8,11-18H,1H2. The average molecular weight is 283 g/mol. The fourth-order valence-electron chi connectivity index (χ4n) is 1.94. The summed E-state index contributed by atoms with van der Waals surface area (Å²) in [6.45, 7) is 0. The van der Waals surface area contributed by atoms with Crippen molar-refractivity contribution in [3.63, 3.8) is 0 Å². The van der Waals surface area contributed by atoms with Crippen LogP contribution in [-0.4, -0.2) is 89.3 Å². The Labute approximate surface area is 107 Å². The summed E-state index contributed by atoms with van der Waals surface area (Å²) >= 11 is 0. The smallest absolute Gasteiger partial charge is 0.221 e. The molecule has 0 aromatic heterocycles. The van der Waals surface area contributed by atoms with Crippen molar-refractivity contribution in [1.29, 1.82) is 0 Å². The van der Waals surface area contributed by atoms with Crippen molar-refractivity contribution in [2.24, 2.45) is 5.18 Å². The summed E-state index contributed by atoms with van der Waals surface area (Å²) in [5, 5.41) is 78.4. The minimum absolute atomic E-state index is 0.703. The van der Waals surface area contributed by atoms with Crippen LogP contribution >= 0.6 is 0 Å². The third kappa shape index (κ3) is 2.90. The van der Waals surface area contributed by atoms with Gasteiger partial charge in [0.15, 0.2) is 0 Å². The number of nitrogens with zero attached hydrogens (tertiary/aromatic N) is 1. The van der Waals surface area contributed by atoms with Crippen LogP contribution in [0.3, 0.4) is 0 Å². The van der Waals surface area contributed by atoms with Crippen molar-refractivity contribution in [1.82, 2.24) is 0 Å². The number of rotatable bonds is 1. The van der Waals surface area contributed by atoms with Crippen molar-refractivity contribution in [3.8, 4) is 0 Å². The molecular weight excluding hydrogens is 266 g/mol. The van der Waals surface area contributed by atoms with Crippen molar-refractivity contribution in [3.05, 3.63) is 4.91 Å². The molecule has 1 aliphatic carbocycles. The Bertz CT molecular complexity index is 325. The van der Waals surface area contributed by atoms with Crippen LogP contribution in [0.1, 0.15) is 6.42 Å². The van der Waals surface area contributed by atoms with Crippen LogP contribution in [0.5, 0.6) is 0 Å². The monoisotopic (exact) mass is 283 g/mol. The molecule has 1 saturated carbocycles. The topological polar surface area (TPSA) is 191 Å². The van der Waals surface area contributed by atoms with Gasteiger partial charge in [0.1, 0.15) is 36.6 Å². The number of aliphatic hydroxyl groups excluding tert-OH is 6. The van der Waals surface area contributed by atoms with Gasteiger partial charge >= 0.3 is 0 Å². The summed E-state index contributed by atoms with van der Waals surface area (Å²) in [5.41, 5.74) is 0. The van der Waals surface area contributed by atoms with Gasteiger partial charge in [-0.05, 0) is 0 Å². The molecule has 7 unspecified atom stereocenters. The molecule has 0 saturated heterocycles. The molecule has 0 amide bonds.